The number of aliphatic hydroxyl groups excluding tert-OH is 1. The first-order chi connectivity index (χ1) is 10.4. The highest BCUT2D eigenvalue weighted by Crippen LogP contribution is 2.21. The number of rotatable bonds is 3. The quantitative estimate of drug-likeness (QED) is 0.865. The Morgan fingerprint density at radius 1 is 1.14 bits per heavy atom. The number of hydrogen-bond acceptors (Lipinski definition) is 5. The molecule has 2 fully saturated rings. The van der Waals surface area contributed by atoms with Crippen LogP contribution in [0.15, 0.2) is 24.3 Å². The van der Waals surface area contributed by atoms with Crippen molar-refractivity contribution in [2.45, 2.75) is 25.6 Å². The van der Waals surface area contributed by atoms with Crippen molar-refractivity contribution < 1.29 is 13.5 Å². The molecule has 2 saturated heterocycles. The summed E-state index contributed by atoms with van der Waals surface area (Å²) in [6.07, 6.45) is -0.729. The van der Waals surface area contributed by atoms with Crippen LogP contribution in [0.5, 0.6) is 0 Å². The molecule has 0 aliphatic carbocycles. The summed E-state index contributed by atoms with van der Waals surface area (Å²) >= 11 is 0. The zero-order valence-corrected chi connectivity index (χ0v) is 13.8. The topological polar surface area (TPSA) is 60.9 Å². The maximum absolute atomic E-state index is 11.6. The van der Waals surface area contributed by atoms with E-state index in [2.05, 4.69) is 41.0 Å². The van der Waals surface area contributed by atoms with E-state index in [0.29, 0.717) is 0 Å². The van der Waals surface area contributed by atoms with Gasteiger partial charge in [-0.1, -0.05) is 24.3 Å². The molecule has 3 rings (SSSR count). The maximum Gasteiger partial charge on any atom is 0.154 e. The third kappa shape index (κ3) is 3.51. The van der Waals surface area contributed by atoms with E-state index >= 15 is 0 Å². The van der Waals surface area contributed by atoms with Crippen LogP contribution in [0.1, 0.15) is 11.1 Å². The fourth-order valence-electron chi connectivity index (χ4n) is 3.44. The Bertz CT molecular complexity index is 624. The highest BCUT2D eigenvalue weighted by atomic mass is 32.2. The number of sulfone groups is 1. The minimum absolute atomic E-state index is 0.0823. The van der Waals surface area contributed by atoms with Gasteiger partial charge in [-0.3, -0.25) is 9.80 Å². The first-order valence-corrected chi connectivity index (χ1v) is 9.66. The first-order valence-electron chi connectivity index (χ1n) is 7.84. The van der Waals surface area contributed by atoms with Crippen LogP contribution >= 0.6 is 0 Å². The molecule has 5 nitrogen and oxygen atoms in total. The summed E-state index contributed by atoms with van der Waals surface area (Å²) in [7, 11) is -3.07. The Morgan fingerprint density at radius 3 is 2.41 bits per heavy atom. The summed E-state index contributed by atoms with van der Waals surface area (Å²) in [5.41, 5.74) is 2.65. The third-order valence-electron chi connectivity index (χ3n) is 4.82. The van der Waals surface area contributed by atoms with E-state index in [-0.39, 0.29) is 17.5 Å². The molecule has 2 heterocycles. The first kappa shape index (κ1) is 15.9. The summed E-state index contributed by atoms with van der Waals surface area (Å²) in [6, 6.07) is 8.20. The highest BCUT2D eigenvalue weighted by molar-refractivity contribution is 7.91. The molecule has 0 unspecified atom stereocenters. The number of aliphatic hydroxyl groups is 1. The molecule has 122 valence electrons. The third-order valence-corrected chi connectivity index (χ3v) is 6.52. The van der Waals surface area contributed by atoms with Crippen molar-refractivity contribution in [3.05, 3.63) is 35.4 Å². The molecule has 0 saturated carbocycles. The predicted octanol–water partition coefficient (Wildman–Crippen LogP) is 0.271. The van der Waals surface area contributed by atoms with Crippen LogP contribution in [-0.2, 0) is 16.4 Å². The Morgan fingerprint density at radius 2 is 1.82 bits per heavy atom. The molecule has 1 aromatic carbocycles. The van der Waals surface area contributed by atoms with Crippen LogP contribution in [-0.4, -0.2) is 73.2 Å². The second-order valence-corrected chi connectivity index (χ2v) is 8.60. The van der Waals surface area contributed by atoms with E-state index in [0.717, 1.165) is 32.7 Å². The van der Waals surface area contributed by atoms with Crippen molar-refractivity contribution >= 4 is 9.84 Å². The number of hydrogen-bond donors (Lipinski definition) is 1. The molecule has 22 heavy (non-hydrogen) atoms. The lowest BCUT2D eigenvalue weighted by Crippen LogP contribution is -2.53. The van der Waals surface area contributed by atoms with Gasteiger partial charge in [0.05, 0.1) is 23.7 Å². The summed E-state index contributed by atoms with van der Waals surface area (Å²) < 4.78 is 23.3. The lowest BCUT2D eigenvalue weighted by Gasteiger charge is -2.38. The standard InChI is InChI=1S/C16H24N2O3S/c1-13-4-2-3-5-14(13)10-17-6-8-18(9-7-17)15-11-22(20,21)12-16(15)19/h2-5,15-16,19H,6-12H2,1H3/t15-,16-/m1/s1. The molecule has 0 bridgehead atoms. The van der Waals surface area contributed by atoms with Crippen LogP contribution in [0.25, 0.3) is 0 Å². The molecule has 0 radical (unpaired) electrons. The summed E-state index contributed by atoms with van der Waals surface area (Å²) in [5, 5.41) is 9.98. The van der Waals surface area contributed by atoms with Crippen LogP contribution in [0.4, 0.5) is 0 Å². The average Bonchev–Trinajstić information content (AvgIpc) is 2.75. The lowest BCUT2D eigenvalue weighted by molar-refractivity contribution is 0.0423. The van der Waals surface area contributed by atoms with Crippen molar-refractivity contribution in [1.82, 2.24) is 9.80 Å². The molecule has 6 heteroatoms. The smallest absolute Gasteiger partial charge is 0.154 e. The number of aryl methyl sites for hydroxylation is 1. The summed E-state index contributed by atoms with van der Waals surface area (Å²) in [4.78, 5) is 4.54. The van der Waals surface area contributed by atoms with E-state index in [9.17, 15) is 13.5 Å². The molecular weight excluding hydrogens is 300 g/mol. The van der Waals surface area contributed by atoms with Crippen molar-refractivity contribution in [3.63, 3.8) is 0 Å². The van der Waals surface area contributed by atoms with Gasteiger partial charge in [-0.15, -0.1) is 0 Å². The molecule has 0 spiro atoms. The zero-order valence-electron chi connectivity index (χ0n) is 13.0. The molecule has 0 amide bonds. The van der Waals surface area contributed by atoms with Gasteiger partial charge in [-0.2, -0.15) is 0 Å². The van der Waals surface area contributed by atoms with Gasteiger partial charge in [0, 0.05) is 32.7 Å². The molecule has 2 atom stereocenters. The second kappa shape index (κ2) is 6.28. The van der Waals surface area contributed by atoms with Crippen molar-refractivity contribution in [1.29, 1.82) is 0 Å². The highest BCUT2D eigenvalue weighted by Gasteiger charge is 2.40. The Kier molecular flexibility index (Phi) is 4.54. The Labute approximate surface area is 132 Å². The summed E-state index contributed by atoms with van der Waals surface area (Å²) in [5.74, 6) is 0.0209. The normalized spacial score (nSPS) is 29.7. The molecule has 1 N–H and O–H groups in total. The van der Waals surface area contributed by atoms with Crippen LogP contribution in [0, 0.1) is 6.92 Å². The minimum Gasteiger partial charge on any atom is -0.390 e. The van der Waals surface area contributed by atoms with Gasteiger partial charge in [0.15, 0.2) is 9.84 Å². The number of benzene rings is 1. The molecule has 2 aliphatic heterocycles. The van der Waals surface area contributed by atoms with Gasteiger partial charge < -0.3 is 5.11 Å². The van der Waals surface area contributed by atoms with Gasteiger partial charge >= 0.3 is 0 Å². The number of nitrogens with zero attached hydrogens (tertiary/aromatic N) is 2. The maximum atomic E-state index is 11.6. The number of piperazine rings is 1. The SMILES string of the molecule is Cc1ccccc1CN1CCN([C@@H]2CS(=O)(=O)C[C@H]2O)CC1. The van der Waals surface area contributed by atoms with E-state index in [1.165, 1.54) is 11.1 Å². The van der Waals surface area contributed by atoms with Gasteiger partial charge in [0.1, 0.15) is 0 Å². The van der Waals surface area contributed by atoms with Gasteiger partial charge in [0.2, 0.25) is 0 Å². The van der Waals surface area contributed by atoms with Crippen LogP contribution in [0.3, 0.4) is 0 Å². The van der Waals surface area contributed by atoms with Gasteiger partial charge in [-0.25, -0.2) is 8.42 Å². The Hall–Kier alpha value is -0.950. The molecule has 0 aromatic heterocycles. The molecule has 2 aliphatic rings. The van der Waals surface area contributed by atoms with Crippen molar-refractivity contribution in [2.24, 2.45) is 0 Å². The largest absolute Gasteiger partial charge is 0.390 e. The average molecular weight is 324 g/mol. The predicted molar refractivity (Wildman–Crippen MR) is 86.5 cm³/mol. The van der Waals surface area contributed by atoms with Crippen LogP contribution in [0.2, 0.25) is 0 Å². The van der Waals surface area contributed by atoms with E-state index in [1.807, 2.05) is 0 Å². The van der Waals surface area contributed by atoms with Gasteiger partial charge in [0.25, 0.3) is 0 Å². The lowest BCUT2D eigenvalue weighted by atomic mass is 10.1. The van der Waals surface area contributed by atoms with E-state index < -0.39 is 15.9 Å². The van der Waals surface area contributed by atoms with E-state index in [1.54, 1.807) is 0 Å². The van der Waals surface area contributed by atoms with Gasteiger partial charge in [-0.05, 0) is 18.1 Å². The zero-order chi connectivity index (χ0) is 15.7. The molecular formula is C16H24N2O3S. The van der Waals surface area contributed by atoms with Crippen molar-refractivity contribution in [2.75, 3.05) is 37.7 Å². The monoisotopic (exact) mass is 324 g/mol. The Balaban J connectivity index is 1.56. The fourth-order valence-corrected chi connectivity index (χ4v) is 5.27. The van der Waals surface area contributed by atoms with Crippen molar-refractivity contribution in [3.8, 4) is 0 Å². The second-order valence-electron chi connectivity index (χ2n) is 6.45. The van der Waals surface area contributed by atoms with Crippen LogP contribution < -0.4 is 0 Å². The summed E-state index contributed by atoms with van der Waals surface area (Å²) in [6.45, 7) is 6.54. The van der Waals surface area contributed by atoms with E-state index in [4.69, 9.17) is 0 Å². The fraction of sp³-hybridized carbons (Fsp3) is 0.625. The molecule has 1 aromatic rings. The minimum atomic E-state index is -3.07.